The maximum Gasteiger partial charge on any atom is 0.387 e. The van der Waals surface area contributed by atoms with Crippen LogP contribution in [0.3, 0.4) is 0 Å². The van der Waals surface area contributed by atoms with Crippen LogP contribution in [0.15, 0.2) is 35.5 Å². The first kappa shape index (κ1) is 18.7. The zero-order valence-corrected chi connectivity index (χ0v) is 13.7. The van der Waals surface area contributed by atoms with Gasteiger partial charge in [-0.1, -0.05) is 18.2 Å². The predicted octanol–water partition coefficient (Wildman–Crippen LogP) is 2.11. The highest BCUT2D eigenvalue weighted by Gasteiger charge is 2.34. The monoisotopic (exact) mass is 356 g/mol. The average Bonchev–Trinajstić information content (AvgIpc) is 2.54. The van der Waals surface area contributed by atoms with Crippen molar-refractivity contribution in [1.29, 1.82) is 0 Å². The fourth-order valence-electron chi connectivity index (χ4n) is 2.42. The van der Waals surface area contributed by atoms with E-state index in [1.165, 1.54) is 32.2 Å². The number of alkyl halides is 2. The molecule has 1 aromatic carbocycles. The summed E-state index contributed by atoms with van der Waals surface area (Å²) in [4.78, 5) is 24.2. The molecule has 0 aromatic heterocycles. The van der Waals surface area contributed by atoms with Gasteiger partial charge in [-0.2, -0.15) is 8.78 Å². The zero-order valence-electron chi connectivity index (χ0n) is 13.7. The number of urea groups is 1. The van der Waals surface area contributed by atoms with E-state index in [0.717, 1.165) is 0 Å². The number of carbonyl (C=O) groups excluding carboxylic acids is 2. The number of hydrogen-bond donors (Lipinski definition) is 2. The molecular formula is C16H18F2N2O5. The number of benzene rings is 1. The van der Waals surface area contributed by atoms with Gasteiger partial charge in [0.25, 0.3) is 0 Å². The molecule has 0 fully saturated rings. The summed E-state index contributed by atoms with van der Waals surface area (Å²) in [7, 11) is 1.46. The lowest BCUT2D eigenvalue weighted by Crippen LogP contribution is -2.45. The highest BCUT2D eigenvalue weighted by molar-refractivity contribution is 5.95. The van der Waals surface area contributed by atoms with Crippen molar-refractivity contribution in [3.8, 4) is 5.75 Å². The molecule has 25 heavy (non-hydrogen) atoms. The van der Waals surface area contributed by atoms with Crippen LogP contribution in [0, 0.1) is 0 Å². The molecule has 1 aliphatic rings. The quantitative estimate of drug-likeness (QED) is 0.577. The van der Waals surface area contributed by atoms with E-state index < -0.39 is 24.7 Å². The molecule has 2 N–H and O–H groups in total. The molecule has 0 bridgehead atoms. The number of methoxy groups -OCH3 is 1. The van der Waals surface area contributed by atoms with Gasteiger partial charge in [0.1, 0.15) is 12.4 Å². The SMILES string of the molecule is COCCOC(=O)C1=C(C)NC(=O)N[C@H]1c1ccccc1OC(F)F. The van der Waals surface area contributed by atoms with Crippen molar-refractivity contribution in [1.82, 2.24) is 10.6 Å². The Morgan fingerprint density at radius 1 is 1.28 bits per heavy atom. The predicted molar refractivity (Wildman–Crippen MR) is 83.0 cm³/mol. The normalized spacial score (nSPS) is 17.2. The van der Waals surface area contributed by atoms with Gasteiger partial charge in [0.2, 0.25) is 0 Å². The first-order chi connectivity index (χ1) is 11.9. The summed E-state index contributed by atoms with van der Waals surface area (Å²) >= 11 is 0. The largest absolute Gasteiger partial charge is 0.460 e. The average molecular weight is 356 g/mol. The van der Waals surface area contributed by atoms with E-state index in [-0.39, 0.29) is 35.8 Å². The molecule has 0 unspecified atom stereocenters. The first-order valence-corrected chi connectivity index (χ1v) is 7.42. The van der Waals surface area contributed by atoms with E-state index in [4.69, 9.17) is 9.47 Å². The van der Waals surface area contributed by atoms with Crippen LogP contribution in [0.1, 0.15) is 18.5 Å². The Morgan fingerprint density at radius 3 is 2.68 bits per heavy atom. The minimum atomic E-state index is -3.04. The van der Waals surface area contributed by atoms with Gasteiger partial charge in [-0.05, 0) is 13.0 Å². The lowest BCUT2D eigenvalue weighted by atomic mass is 9.95. The third-order valence-corrected chi connectivity index (χ3v) is 3.46. The van der Waals surface area contributed by atoms with E-state index in [1.54, 1.807) is 6.07 Å². The summed E-state index contributed by atoms with van der Waals surface area (Å²) < 4.78 is 39.7. The van der Waals surface area contributed by atoms with Crippen LogP contribution in [0.2, 0.25) is 0 Å². The van der Waals surface area contributed by atoms with Crippen molar-refractivity contribution in [2.45, 2.75) is 19.6 Å². The van der Waals surface area contributed by atoms with Crippen molar-refractivity contribution < 1.29 is 32.6 Å². The summed E-state index contributed by atoms with van der Waals surface area (Å²) in [5.74, 6) is -0.835. The highest BCUT2D eigenvalue weighted by Crippen LogP contribution is 2.34. The van der Waals surface area contributed by atoms with E-state index in [2.05, 4.69) is 15.4 Å². The van der Waals surface area contributed by atoms with E-state index >= 15 is 0 Å². The topological polar surface area (TPSA) is 85.9 Å². The highest BCUT2D eigenvalue weighted by atomic mass is 19.3. The van der Waals surface area contributed by atoms with Gasteiger partial charge in [-0.15, -0.1) is 0 Å². The molecule has 0 spiro atoms. The van der Waals surface area contributed by atoms with E-state index in [9.17, 15) is 18.4 Å². The van der Waals surface area contributed by atoms with Crippen LogP contribution in [0.5, 0.6) is 5.75 Å². The molecule has 0 saturated heterocycles. The van der Waals surface area contributed by atoms with Crippen LogP contribution in [0.25, 0.3) is 0 Å². The Bertz CT molecular complexity index is 678. The molecule has 2 rings (SSSR count). The number of hydrogen-bond acceptors (Lipinski definition) is 5. The molecule has 0 aliphatic carbocycles. The number of rotatable bonds is 7. The summed E-state index contributed by atoms with van der Waals surface area (Å²) in [6.07, 6.45) is 0. The van der Waals surface area contributed by atoms with Gasteiger partial charge in [0.15, 0.2) is 0 Å². The van der Waals surface area contributed by atoms with Gasteiger partial charge in [-0.3, -0.25) is 0 Å². The molecule has 1 aromatic rings. The number of nitrogens with one attached hydrogen (secondary N) is 2. The second kappa shape index (κ2) is 8.43. The van der Waals surface area contributed by atoms with Crippen molar-refractivity contribution >= 4 is 12.0 Å². The number of allylic oxidation sites excluding steroid dienone is 1. The molecule has 9 heteroatoms. The number of para-hydroxylation sites is 1. The summed E-state index contributed by atoms with van der Waals surface area (Å²) in [5.41, 5.74) is 0.583. The Kier molecular flexibility index (Phi) is 6.29. The van der Waals surface area contributed by atoms with Crippen molar-refractivity contribution in [2.24, 2.45) is 0 Å². The molecule has 0 saturated carbocycles. The minimum absolute atomic E-state index is 0.0158. The van der Waals surface area contributed by atoms with Gasteiger partial charge < -0.3 is 24.8 Å². The fraction of sp³-hybridized carbons (Fsp3) is 0.375. The Balaban J connectivity index is 2.38. The maximum atomic E-state index is 12.6. The van der Waals surface area contributed by atoms with E-state index in [0.29, 0.717) is 0 Å². The van der Waals surface area contributed by atoms with Crippen molar-refractivity contribution in [3.05, 3.63) is 41.1 Å². The second-order valence-corrected chi connectivity index (χ2v) is 5.12. The molecule has 7 nitrogen and oxygen atoms in total. The minimum Gasteiger partial charge on any atom is -0.460 e. The lowest BCUT2D eigenvalue weighted by molar-refractivity contribution is -0.140. The number of carbonyl (C=O) groups is 2. The molecule has 1 aliphatic heterocycles. The molecule has 136 valence electrons. The third kappa shape index (κ3) is 4.66. The molecular weight excluding hydrogens is 338 g/mol. The zero-order chi connectivity index (χ0) is 18.4. The van der Waals surface area contributed by atoms with Crippen LogP contribution < -0.4 is 15.4 Å². The van der Waals surface area contributed by atoms with Crippen LogP contribution in [-0.4, -0.2) is 38.9 Å². The summed E-state index contributed by atoms with van der Waals surface area (Å²) in [6.45, 7) is -1.30. The number of halogens is 2. The Hall–Kier alpha value is -2.68. The summed E-state index contributed by atoms with van der Waals surface area (Å²) in [5, 5.41) is 5.00. The van der Waals surface area contributed by atoms with Crippen molar-refractivity contribution in [2.75, 3.05) is 20.3 Å². The molecule has 1 heterocycles. The van der Waals surface area contributed by atoms with Gasteiger partial charge in [0.05, 0.1) is 18.2 Å². The smallest absolute Gasteiger partial charge is 0.387 e. The Labute approximate surface area is 142 Å². The third-order valence-electron chi connectivity index (χ3n) is 3.46. The number of amides is 2. The van der Waals surface area contributed by atoms with Crippen molar-refractivity contribution in [3.63, 3.8) is 0 Å². The first-order valence-electron chi connectivity index (χ1n) is 7.42. The van der Waals surface area contributed by atoms with Crippen LogP contribution >= 0.6 is 0 Å². The number of ether oxygens (including phenoxy) is 3. The molecule has 1 atom stereocenters. The van der Waals surface area contributed by atoms with Crippen LogP contribution in [-0.2, 0) is 14.3 Å². The fourth-order valence-corrected chi connectivity index (χ4v) is 2.42. The van der Waals surface area contributed by atoms with Gasteiger partial charge in [0, 0.05) is 18.4 Å². The maximum absolute atomic E-state index is 12.6. The summed E-state index contributed by atoms with van der Waals surface area (Å²) in [6, 6.07) is 4.37. The van der Waals surface area contributed by atoms with Gasteiger partial charge >= 0.3 is 18.6 Å². The standard InChI is InChI=1S/C16H18F2N2O5/c1-9-12(14(21)24-8-7-23-2)13(20-16(22)19-9)10-5-3-4-6-11(10)25-15(17)18/h3-6,13,15H,7-8H2,1-2H3,(H2,19,20,22)/t13-/m0/s1. The molecule has 2 amide bonds. The number of esters is 1. The van der Waals surface area contributed by atoms with Gasteiger partial charge in [-0.25, -0.2) is 9.59 Å². The lowest BCUT2D eigenvalue weighted by Gasteiger charge is -2.29. The Morgan fingerprint density at radius 2 is 2.00 bits per heavy atom. The van der Waals surface area contributed by atoms with E-state index in [1.807, 2.05) is 0 Å². The molecule has 0 radical (unpaired) electrons. The van der Waals surface area contributed by atoms with Crippen LogP contribution in [0.4, 0.5) is 13.6 Å². The second-order valence-electron chi connectivity index (χ2n) is 5.12.